The van der Waals surface area contributed by atoms with Gasteiger partial charge in [-0.3, -0.25) is 0 Å². The summed E-state index contributed by atoms with van der Waals surface area (Å²) in [6.07, 6.45) is 1.35. The van der Waals surface area contributed by atoms with Crippen LogP contribution >= 0.6 is 0 Å². The Hall–Kier alpha value is -1.66. The predicted octanol–water partition coefficient (Wildman–Crippen LogP) is 3.40. The largest absolute Gasteiger partial charge is 0.495 e. The number of esters is 1. The number of hydrogen-bond donors (Lipinski definition) is 0. The minimum Gasteiger partial charge on any atom is -0.463 e. The van der Waals surface area contributed by atoms with E-state index in [0.717, 1.165) is 0 Å². The van der Waals surface area contributed by atoms with Gasteiger partial charge in [0, 0.05) is 6.08 Å². The van der Waals surface area contributed by atoms with Crippen LogP contribution < -0.4 is 0 Å². The molecule has 1 aromatic rings. The van der Waals surface area contributed by atoms with Crippen LogP contribution in [0.1, 0.15) is 40.2 Å². The Morgan fingerprint density at radius 1 is 1.17 bits per heavy atom. The summed E-state index contributed by atoms with van der Waals surface area (Å²) in [5.41, 5.74) is 0.0942. The number of ether oxygens (including phenoxy) is 1. The summed E-state index contributed by atoms with van der Waals surface area (Å²) in [6.45, 7) is 9.73. The first-order valence-electron chi connectivity index (χ1n) is 7.66. The van der Waals surface area contributed by atoms with E-state index in [-0.39, 0.29) is 12.4 Å². The van der Waals surface area contributed by atoms with E-state index in [2.05, 4.69) is 0 Å². The highest BCUT2D eigenvalue weighted by molar-refractivity contribution is 6.69. The molecule has 124 valence electrons. The summed E-state index contributed by atoms with van der Waals surface area (Å²) in [5.74, 6) is -0.834. The molecule has 1 heterocycles. The molecule has 4 nitrogen and oxygen atoms in total. The third kappa shape index (κ3) is 3.82. The van der Waals surface area contributed by atoms with Gasteiger partial charge in [-0.05, 0) is 57.8 Å². The standard InChI is InChI=1S/C17H22BFO4/c1-6-21-15(20)11-14(12-7-9-13(19)10-8-12)18-22-16(2,3)17(4,5)23-18/h7-11H,6H2,1-5H3/b14-11+. The summed E-state index contributed by atoms with van der Waals surface area (Å²) in [7, 11) is -0.727. The molecular formula is C17H22BFO4. The van der Waals surface area contributed by atoms with E-state index in [4.69, 9.17) is 14.0 Å². The fraction of sp³-hybridized carbons (Fsp3) is 0.471. The zero-order valence-electron chi connectivity index (χ0n) is 14.2. The number of carbonyl (C=O) groups is 1. The minimum absolute atomic E-state index is 0.273. The highest BCUT2D eigenvalue weighted by Crippen LogP contribution is 2.40. The first kappa shape index (κ1) is 17.7. The van der Waals surface area contributed by atoms with Crippen LogP contribution in [0.5, 0.6) is 0 Å². The molecule has 1 aliphatic rings. The molecule has 2 rings (SSSR count). The quantitative estimate of drug-likeness (QED) is 0.484. The lowest BCUT2D eigenvalue weighted by molar-refractivity contribution is -0.137. The summed E-state index contributed by atoms with van der Waals surface area (Å²) in [4.78, 5) is 11.9. The lowest BCUT2D eigenvalue weighted by atomic mass is 9.73. The summed E-state index contributed by atoms with van der Waals surface area (Å²) < 4.78 is 30.2. The highest BCUT2D eigenvalue weighted by Gasteiger charge is 2.52. The van der Waals surface area contributed by atoms with Crippen LogP contribution in [-0.4, -0.2) is 30.9 Å². The molecule has 23 heavy (non-hydrogen) atoms. The van der Waals surface area contributed by atoms with Crippen molar-refractivity contribution >= 4 is 18.6 Å². The highest BCUT2D eigenvalue weighted by atomic mass is 19.1. The predicted molar refractivity (Wildman–Crippen MR) is 87.1 cm³/mol. The van der Waals surface area contributed by atoms with Gasteiger partial charge in [-0.15, -0.1) is 0 Å². The maximum Gasteiger partial charge on any atom is 0.495 e. The molecule has 6 heteroatoms. The Morgan fingerprint density at radius 2 is 1.70 bits per heavy atom. The molecule has 0 bridgehead atoms. The van der Waals surface area contributed by atoms with Crippen LogP contribution in [0.2, 0.25) is 0 Å². The fourth-order valence-electron chi connectivity index (χ4n) is 2.21. The smallest absolute Gasteiger partial charge is 0.463 e. The van der Waals surface area contributed by atoms with Gasteiger partial charge in [0.05, 0.1) is 17.8 Å². The Balaban J connectivity index is 2.39. The lowest BCUT2D eigenvalue weighted by Crippen LogP contribution is -2.41. The van der Waals surface area contributed by atoms with E-state index < -0.39 is 24.3 Å². The van der Waals surface area contributed by atoms with E-state index in [0.29, 0.717) is 11.0 Å². The third-order valence-corrected chi connectivity index (χ3v) is 4.24. The molecule has 0 unspecified atom stereocenters. The second-order valence-corrected chi connectivity index (χ2v) is 6.45. The van der Waals surface area contributed by atoms with Crippen molar-refractivity contribution in [1.29, 1.82) is 0 Å². The van der Waals surface area contributed by atoms with Crippen molar-refractivity contribution in [2.24, 2.45) is 0 Å². The Kier molecular flexibility index (Phi) is 4.97. The van der Waals surface area contributed by atoms with E-state index in [9.17, 15) is 9.18 Å². The van der Waals surface area contributed by atoms with Crippen molar-refractivity contribution in [3.63, 3.8) is 0 Å². The van der Waals surface area contributed by atoms with Gasteiger partial charge < -0.3 is 14.0 Å². The Morgan fingerprint density at radius 3 is 2.17 bits per heavy atom. The lowest BCUT2D eigenvalue weighted by Gasteiger charge is -2.32. The topological polar surface area (TPSA) is 44.8 Å². The monoisotopic (exact) mass is 320 g/mol. The normalized spacial score (nSPS) is 19.7. The molecule has 1 aliphatic heterocycles. The van der Waals surface area contributed by atoms with Gasteiger partial charge in [-0.1, -0.05) is 12.1 Å². The molecule has 0 amide bonds. The summed E-state index contributed by atoms with van der Waals surface area (Å²) >= 11 is 0. The molecular weight excluding hydrogens is 298 g/mol. The molecule has 0 N–H and O–H groups in total. The summed E-state index contributed by atoms with van der Waals surface area (Å²) in [6, 6.07) is 5.84. The van der Waals surface area contributed by atoms with Gasteiger partial charge in [0.25, 0.3) is 0 Å². The molecule has 0 aliphatic carbocycles. The van der Waals surface area contributed by atoms with Crippen LogP contribution in [0.3, 0.4) is 0 Å². The van der Waals surface area contributed by atoms with Gasteiger partial charge in [0.1, 0.15) is 5.82 Å². The molecule has 1 saturated heterocycles. The van der Waals surface area contributed by atoms with Crippen molar-refractivity contribution in [2.45, 2.75) is 45.8 Å². The van der Waals surface area contributed by atoms with E-state index in [1.807, 2.05) is 27.7 Å². The molecule has 0 aromatic heterocycles. The van der Waals surface area contributed by atoms with Crippen LogP contribution in [0.25, 0.3) is 5.47 Å². The maximum atomic E-state index is 13.2. The fourth-order valence-corrected chi connectivity index (χ4v) is 2.21. The molecule has 0 radical (unpaired) electrons. The van der Waals surface area contributed by atoms with Gasteiger partial charge >= 0.3 is 13.1 Å². The van der Waals surface area contributed by atoms with Crippen molar-refractivity contribution in [3.05, 3.63) is 41.7 Å². The van der Waals surface area contributed by atoms with E-state index in [1.54, 1.807) is 19.1 Å². The van der Waals surface area contributed by atoms with Crippen LogP contribution in [-0.2, 0) is 18.8 Å². The van der Waals surface area contributed by atoms with Gasteiger partial charge in [0.2, 0.25) is 0 Å². The van der Waals surface area contributed by atoms with Gasteiger partial charge in [0.15, 0.2) is 0 Å². The first-order valence-corrected chi connectivity index (χ1v) is 7.66. The number of carbonyl (C=O) groups excluding carboxylic acids is 1. The summed E-state index contributed by atoms with van der Waals surface area (Å²) in [5, 5.41) is 0. The zero-order chi connectivity index (χ0) is 17.3. The van der Waals surface area contributed by atoms with Crippen LogP contribution in [0, 0.1) is 5.82 Å². The van der Waals surface area contributed by atoms with Crippen molar-refractivity contribution < 1.29 is 23.2 Å². The molecule has 1 aromatic carbocycles. The molecule has 0 atom stereocenters. The van der Waals surface area contributed by atoms with E-state index >= 15 is 0 Å². The number of rotatable bonds is 4. The first-order chi connectivity index (χ1) is 10.7. The Bertz CT molecular complexity index is 592. The SMILES string of the molecule is CCOC(=O)/C=C(/B1OC(C)(C)C(C)(C)O1)c1ccc(F)cc1. The average molecular weight is 320 g/mol. The van der Waals surface area contributed by atoms with Crippen molar-refractivity contribution in [1.82, 2.24) is 0 Å². The second kappa shape index (κ2) is 6.45. The number of benzene rings is 1. The molecule has 0 spiro atoms. The third-order valence-electron chi connectivity index (χ3n) is 4.24. The zero-order valence-corrected chi connectivity index (χ0v) is 14.2. The van der Waals surface area contributed by atoms with Gasteiger partial charge in [-0.2, -0.15) is 0 Å². The molecule has 1 fully saturated rings. The number of hydrogen-bond acceptors (Lipinski definition) is 4. The van der Waals surface area contributed by atoms with Crippen molar-refractivity contribution in [2.75, 3.05) is 6.61 Å². The maximum absolute atomic E-state index is 13.2. The van der Waals surface area contributed by atoms with Crippen molar-refractivity contribution in [3.8, 4) is 0 Å². The van der Waals surface area contributed by atoms with E-state index in [1.165, 1.54) is 18.2 Å². The number of halogens is 1. The molecule has 0 saturated carbocycles. The average Bonchev–Trinajstić information content (AvgIpc) is 2.66. The van der Waals surface area contributed by atoms with Crippen LogP contribution in [0.15, 0.2) is 30.3 Å². The van der Waals surface area contributed by atoms with Gasteiger partial charge in [-0.25, -0.2) is 9.18 Å². The Labute approximate surface area is 136 Å². The second-order valence-electron chi connectivity index (χ2n) is 6.45. The van der Waals surface area contributed by atoms with Crippen LogP contribution in [0.4, 0.5) is 4.39 Å². The minimum atomic E-state index is -0.727.